The second kappa shape index (κ2) is 5.46. The minimum absolute atomic E-state index is 0.0935. The molecule has 2 N–H and O–H groups in total. The van der Waals surface area contributed by atoms with Gasteiger partial charge in [0.05, 0.1) is 12.6 Å². The van der Waals surface area contributed by atoms with Gasteiger partial charge in [-0.25, -0.2) is 4.79 Å². The molecule has 1 atom stereocenters. The van der Waals surface area contributed by atoms with Crippen molar-refractivity contribution >= 4 is 17.8 Å². The van der Waals surface area contributed by atoms with Crippen LogP contribution in [0.1, 0.15) is 34.7 Å². The number of nitrogens with one attached hydrogen (secondary N) is 1. The van der Waals surface area contributed by atoms with Gasteiger partial charge in [0, 0.05) is 19.0 Å². The number of piperidine rings is 1. The van der Waals surface area contributed by atoms with Crippen LogP contribution in [0.4, 0.5) is 0 Å². The van der Waals surface area contributed by atoms with Gasteiger partial charge < -0.3 is 9.52 Å². The van der Waals surface area contributed by atoms with Crippen LogP contribution in [0.2, 0.25) is 0 Å². The zero-order valence-electron chi connectivity index (χ0n) is 11.3. The lowest BCUT2D eigenvalue weighted by molar-refractivity contribution is -0.148. The first-order valence-corrected chi connectivity index (χ1v) is 6.26. The maximum absolute atomic E-state index is 11.9. The van der Waals surface area contributed by atoms with Crippen LogP contribution in [0.5, 0.6) is 0 Å². The molecule has 2 heterocycles. The fourth-order valence-corrected chi connectivity index (χ4v) is 2.18. The Balaban J connectivity index is 1.99. The van der Waals surface area contributed by atoms with E-state index in [4.69, 9.17) is 9.52 Å². The van der Waals surface area contributed by atoms with Crippen LogP contribution in [-0.4, -0.2) is 40.9 Å². The molecule has 1 fully saturated rings. The number of imide groups is 1. The lowest BCUT2D eigenvalue weighted by atomic mass is 10.0. The van der Waals surface area contributed by atoms with Crippen LogP contribution in [0.3, 0.4) is 0 Å². The Morgan fingerprint density at radius 3 is 2.85 bits per heavy atom. The summed E-state index contributed by atoms with van der Waals surface area (Å²) in [5.74, 6) is -1.22. The third-order valence-electron chi connectivity index (χ3n) is 3.34. The Bertz CT molecular complexity index is 563. The van der Waals surface area contributed by atoms with Gasteiger partial charge in [0.15, 0.2) is 0 Å². The molecule has 1 aromatic heterocycles. The minimum atomic E-state index is -1.12. The summed E-state index contributed by atoms with van der Waals surface area (Å²) in [6, 6.07) is 1.18. The van der Waals surface area contributed by atoms with E-state index >= 15 is 0 Å². The first-order chi connectivity index (χ1) is 9.40. The van der Waals surface area contributed by atoms with E-state index in [1.165, 1.54) is 7.05 Å². The number of carbonyl (C=O) groups is 3. The van der Waals surface area contributed by atoms with E-state index in [0.717, 1.165) is 4.90 Å². The molecule has 0 bridgehead atoms. The number of likely N-dealkylation sites (N-methyl/N-ethyl adjacent to an activating group) is 1. The summed E-state index contributed by atoms with van der Waals surface area (Å²) in [7, 11) is 1.46. The Hall–Kier alpha value is -2.15. The molecule has 1 aliphatic heterocycles. The third-order valence-corrected chi connectivity index (χ3v) is 3.34. The molecular formula is C13H16N2O5. The van der Waals surface area contributed by atoms with E-state index in [0.29, 0.717) is 24.2 Å². The Labute approximate surface area is 115 Å². The molecular weight excluding hydrogens is 264 g/mol. The molecule has 108 valence electrons. The number of rotatable bonds is 4. The normalized spacial score (nSPS) is 19.5. The van der Waals surface area contributed by atoms with E-state index in [1.54, 1.807) is 13.0 Å². The van der Waals surface area contributed by atoms with Crippen molar-refractivity contribution in [2.75, 3.05) is 7.05 Å². The van der Waals surface area contributed by atoms with Crippen LogP contribution >= 0.6 is 0 Å². The fourth-order valence-electron chi connectivity index (χ4n) is 2.18. The van der Waals surface area contributed by atoms with E-state index < -0.39 is 12.0 Å². The fraction of sp³-hybridized carbons (Fsp3) is 0.462. The zero-order chi connectivity index (χ0) is 14.9. The molecule has 1 aromatic rings. The largest absolute Gasteiger partial charge is 0.475 e. The van der Waals surface area contributed by atoms with Gasteiger partial charge in [0.2, 0.25) is 17.6 Å². The van der Waals surface area contributed by atoms with Crippen molar-refractivity contribution in [1.82, 2.24) is 10.2 Å². The molecule has 2 amide bonds. The lowest BCUT2D eigenvalue weighted by Gasteiger charge is -2.28. The summed E-state index contributed by atoms with van der Waals surface area (Å²) in [5, 5.41) is 11.9. The number of carbonyl (C=O) groups excluding carboxylic acids is 2. The average molecular weight is 280 g/mol. The Morgan fingerprint density at radius 1 is 1.55 bits per heavy atom. The van der Waals surface area contributed by atoms with Crippen LogP contribution < -0.4 is 5.32 Å². The number of hydrogen-bond donors (Lipinski definition) is 2. The standard InChI is InChI=1S/C13H16N2O5/c1-7-5-8(20-11(7)13(18)19)6-14-9-3-4-10(16)15(2)12(9)17/h5,9,14H,3-4,6H2,1-2H3,(H,18,19). The van der Waals surface area contributed by atoms with Gasteiger partial charge in [-0.3, -0.25) is 19.8 Å². The van der Waals surface area contributed by atoms with Crippen molar-refractivity contribution in [2.45, 2.75) is 32.4 Å². The van der Waals surface area contributed by atoms with Gasteiger partial charge in [-0.15, -0.1) is 0 Å². The molecule has 0 spiro atoms. The van der Waals surface area contributed by atoms with Crippen molar-refractivity contribution in [3.8, 4) is 0 Å². The van der Waals surface area contributed by atoms with Crippen molar-refractivity contribution in [2.24, 2.45) is 0 Å². The van der Waals surface area contributed by atoms with Gasteiger partial charge in [-0.2, -0.15) is 0 Å². The van der Waals surface area contributed by atoms with Crippen molar-refractivity contribution in [1.29, 1.82) is 0 Å². The number of aryl methyl sites for hydroxylation is 1. The number of likely N-dealkylation sites (tertiary alicyclic amines) is 1. The highest BCUT2D eigenvalue weighted by Gasteiger charge is 2.31. The highest BCUT2D eigenvalue weighted by molar-refractivity contribution is 6.00. The van der Waals surface area contributed by atoms with E-state index in [9.17, 15) is 14.4 Å². The SMILES string of the molecule is Cc1cc(CNC2CCC(=O)N(C)C2=O)oc1C(=O)O. The van der Waals surface area contributed by atoms with Crippen molar-refractivity contribution in [3.05, 3.63) is 23.2 Å². The molecule has 20 heavy (non-hydrogen) atoms. The maximum Gasteiger partial charge on any atom is 0.372 e. The second-order valence-electron chi connectivity index (χ2n) is 4.79. The van der Waals surface area contributed by atoms with Crippen LogP contribution in [-0.2, 0) is 16.1 Å². The highest BCUT2D eigenvalue weighted by Crippen LogP contribution is 2.16. The first-order valence-electron chi connectivity index (χ1n) is 6.26. The maximum atomic E-state index is 11.9. The Morgan fingerprint density at radius 2 is 2.25 bits per heavy atom. The Kier molecular flexibility index (Phi) is 3.89. The van der Waals surface area contributed by atoms with E-state index in [-0.39, 0.29) is 24.1 Å². The van der Waals surface area contributed by atoms with Crippen molar-refractivity contribution < 1.29 is 23.9 Å². The number of hydrogen-bond acceptors (Lipinski definition) is 5. The van der Waals surface area contributed by atoms with Gasteiger partial charge in [-0.05, 0) is 19.4 Å². The lowest BCUT2D eigenvalue weighted by Crippen LogP contribution is -2.51. The van der Waals surface area contributed by atoms with Crippen LogP contribution in [0.25, 0.3) is 0 Å². The molecule has 0 radical (unpaired) electrons. The molecule has 1 aliphatic rings. The quantitative estimate of drug-likeness (QED) is 0.780. The number of amides is 2. The zero-order valence-corrected chi connectivity index (χ0v) is 11.3. The minimum Gasteiger partial charge on any atom is -0.475 e. The van der Waals surface area contributed by atoms with Crippen molar-refractivity contribution in [3.63, 3.8) is 0 Å². The van der Waals surface area contributed by atoms with Gasteiger partial charge in [0.1, 0.15) is 5.76 Å². The smallest absolute Gasteiger partial charge is 0.372 e. The predicted molar refractivity (Wildman–Crippen MR) is 68.0 cm³/mol. The summed E-state index contributed by atoms with van der Waals surface area (Å²) in [5.41, 5.74) is 0.538. The molecule has 1 saturated heterocycles. The molecule has 0 aliphatic carbocycles. The molecule has 1 unspecified atom stereocenters. The highest BCUT2D eigenvalue weighted by atomic mass is 16.4. The molecule has 7 nitrogen and oxygen atoms in total. The number of nitrogens with zero attached hydrogens (tertiary/aromatic N) is 1. The van der Waals surface area contributed by atoms with Gasteiger partial charge >= 0.3 is 5.97 Å². The summed E-state index contributed by atoms with van der Waals surface area (Å²) in [6.07, 6.45) is 0.755. The second-order valence-corrected chi connectivity index (χ2v) is 4.79. The van der Waals surface area contributed by atoms with Crippen LogP contribution in [0.15, 0.2) is 10.5 Å². The van der Waals surface area contributed by atoms with E-state index in [2.05, 4.69) is 5.32 Å². The predicted octanol–water partition coefficient (Wildman–Crippen LogP) is 0.523. The van der Waals surface area contributed by atoms with Gasteiger partial charge in [0.25, 0.3) is 0 Å². The summed E-state index contributed by atoms with van der Waals surface area (Å²) in [6.45, 7) is 1.89. The number of furan rings is 1. The molecule has 2 rings (SSSR count). The topological polar surface area (TPSA) is 99.9 Å². The number of carboxylic acid groups (broad SMARTS) is 1. The van der Waals surface area contributed by atoms with Gasteiger partial charge in [-0.1, -0.05) is 0 Å². The monoisotopic (exact) mass is 280 g/mol. The van der Waals surface area contributed by atoms with Crippen LogP contribution in [0, 0.1) is 6.92 Å². The first kappa shape index (κ1) is 14.3. The number of aromatic carboxylic acids is 1. The third kappa shape index (κ3) is 2.72. The number of carboxylic acids is 1. The summed E-state index contributed by atoms with van der Waals surface area (Å²) >= 11 is 0. The average Bonchev–Trinajstić information content (AvgIpc) is 2.77. The molecule has 0 aromatic carbocycles. The summed E-state index contributed by atoms with van der Waals surface area (Å²) in [4.78, 5) is 35.2. The summed E-state index contributed by atoms with van der Waals surface area (Å²) < 4.78 is 5.20. The van der Waals surface area contributed by atoms with E-state index in [1.807, 2.05) is 0 Å². The molecule has 0 saturated carbocycles. The molecule has 7 heteroatoms.